The molecule has 1 aromatic carbocycles. The van der Waals surface area contributed by atoms with Crippen molar-refractivity contribution in [3.8, 4) is 17.9 Å². The zero-order chi connectivity index (χ0) is 10.7. The van der Waals surface area contributed by atoms with Crippen LogP contribution >= 0.6 is 11.6 Å². The Balaban J connectivity index is 2.66. The fraction of sp³-hybridized carbons (Fsp3) is 0. The average Bonchev–Trinajstić information content (AvgIpc) is 2.27. The molecule has 1 aromatic heterocycles. The van der Waals surface area contributed by atoms with Gasteiger partial charge in [-0.25, -0.2) is 0 Å². The van der Waals surface area contributed by atoms with Crippen molar-refractivity contribution in [1.82, 2.24) is 4.98 Å². The maximum Gasteiger partial charge on any atom is 0.152 e. The number of halogens is 1. The molecule has 0 amide bonds. The topological polar surface area (TPSA) is 36.7 Å². The molecule has 0 saturated heterocycles. The quantitative estimate of drug-likeness (QED) is 0.630. The van der Waals surface area contributed by atoms with Gasteiger partial charge < -0.3 is 0 Å². The molecule has 0 radical (unpaired) electrons. The monoisotopic (exact) mass is 212 g/mol. The van der Waals surface area contributed by atoms with Gasteiger partial charge in [-0.15, -0.1) is 0 Å². The van der Waals surface area contributed by atoms with Crippen LogP contribution in [0.5, 0.6) is 0 Å². The van der Waals surface area contributed by atoms with E-state index in [1.165, 1.54) is 0 Å². The zero-order valence-electron chi connectivity index (χ0n) is 7.66. The predicted molar refractivity (Wildman–Crippen MR) is 59.2 cm³/mol. The molecule has 0 saturated carbocycles. The van der Waals surface area contributed by atoms with Crippen molar-refractivity contribution >= 4 is 22.5 Å². The van der Waals surface area contributed by atoms with E-state index in [-0.39, 0.29) is 0 Å². The number of pyridine rings is 1. The SMILES string of the molecule is N#CC#Cc1ccc2nccc(Cl)c2c1. The normalized spacial score (nSPS) is 9.07. The van der Waals surface area contributed by atoms with Crippen molar-refractivity contribution in [2.45, 2.75) is 0 Å². The second-order valence-electron chi connectivity index (χ2n) is 2.89. The van der Waals surface area contributed by atoms with Crippen molar-refractivity contribution in [2.75, 3.05) is 0 Å². The maximum absolute atomic E-state index is 8.33. The highest BCUT2D eigenvalue weighted by atomic mass is 35.5. The van der Waals surface area contributed by atoms with Gasteiger partial charge in [0.2, 0.25) is 0 Å². The van der Waals surface area contributed by atoms with Gasteiger partial charge in [0.1, 0.15) is 0 Å². The molecule has 0 unspecified atom stereocenters. The van der Waals surface area contributed by atoms with Gasteiger partial charge in [0.15, 0.2) is 6.07 Å². The Labute approximate surface area is 92.1 Å². The lowest BCUT2D eigenvalue weighted by molar-refractivity contribution is 1.41. The lowest BCUT2D eigenvalue weighted by Gasteiger charge is -1.99. The smallest absolute Gasteiger partial charge is 0.152 e. The van der Waals surface area contributed by atoms with Crippen LogP contribution in [0.15, 0.2) is 30.5 Å². The first kappa shape index (κ1) is 9.52. The van der Waals surface area contributed by atoms with Gasteiger partial charge in [0.05, 0.1) is 10.5 Å². The number of fused-ring (bicyclic) bond motifs is 1. The lowest BCUT2D eigenvalue weighted by Crippen LogP contribution is -1.81. The van der Waals surface area contributed by atoms with Crippen molar-refractivity contribution in [2.24, 2.45) is 0 Å². The molecule has 1 heterocycles. The van der Waals surface area contributed by atoms with Gasteiger partial charge in [0, 0.05) is 23.1 Å². The van der Waals surface area contributed by atoms with E-state index in [4.69, 9.17) is 16.9 Å². The van der Waals surface area contributed by atoms with E-state index in [0.717, 1.165) is 16.5 Å². The van der Waals surface area contributed by atoms with Crippen LogP contribution < -0.4 is 0 Å². The summed E-state index contributed by atoms with van der Waals surface area (Å²) >= 11 is 6.01. The first-order valence-corrected chi connectivity index (χ1v) is 4.63. The van der Waals surface area contributed by atoms with Crippen LogP contribution in [0.25, 0.3) is 10.9 Å². The molecule has 0 atom stereocenters. The molecule has 0 bridgehead atoms. The number of rotatable bonds is 0. The van der Waals surface area contributed by atoms with Gasteiger partial charge in [-0.1, -0.05) is 17.5 Å². The Hall–Kier alpha value is -2.03. The third-order valence-corrected chi connectivity index (χ3v) is 2.28. The number of hydrogen-bond donors (Lipinski definition) is 0. The van der Waals surface area contributed by atoms with E-state index in [1.54, 1.807) is 18.3 Å². The van der Waals surface area contributed by atoms with Crippen molar-refractivity contribution < 1.29 is 0 Å². The fourth-order valence-electron chi connectivity index (χ4n) is 1.29. The number of nitriles is 1. The van der Waals surface area contributed by atoms with E-state index in [2.05, 4.69) is 16.8 Å². The Morgan fingerprint density at radius 1 is 1.27 bits per heavy atom. The summed E-state index contributed by atoms with van der Waals surface area (Å²) in [5.41, 5.74) is 1.59. The maximum atomic E-state index is 8.33. The highest BCUT2D eigenvalue weighted by Crippen LogP contribution is 2.21. The molecule has 70 valence electrons. The van der Waals surface area contributed by atoms with Gasteiger partial charge in [-0.05, 0) is 24.3 Å². The van der Waals surface area contributed by atoms with Crippen molar-refractivity contribution in [3.05, 3.63) is 41.0 Å². The second kappa shape index (κ2) is 4.00. The molecular weight excluding hydrogens is 208 g/mol. The molecule has 0 spiro atoms. The summed E-state index contributed by atoms with van der Waals surface area (Å²) in [5, 5.41) is 9.82. The highest BCUT2D eigenvalue weighted by molar-refractivity contribution is 6.35. The van der Waals surface area contributed by atoms with Crippen LogP contribution in [0.2, 0.25) is 5.02 Å². The Morgan fingerprint density at radius 2 is 2.13 bits per heavy atom. The largest absolute Gasteiger partial charge is 0.256 e. The highest BCUT2D eigenvalue weighted by Gasteiger charge is 1.99. The van der Waals surface area contributed by atoms with E-state index in [9.17, 15) is 0 Å². The minimum atomic E-state index is 0.639. The summed E-state index contributed by atoms with van der Waals surface area (Å²) in [7, 11) is 0. The van der Waals surface area contributed by atoms with Crippen LogP contribution in [-0.2, 0) is 0 Å². The summed E-state index contributed by atoms with van der Waals surface area (Å²) in [6.45, 7) is 0. The van der Waals surface area contributed by atoms with E-state index < -0.39 is 0 Å². The summed E-state index contributed by atoms with van der Waals surface area (Å²) in [6, 6.07) is 8.98. The van der Waals surface area contributed by atoms with Gasteiger partial charge >= 0.3 is 0 Å². The van der Waals surface area contributed by atoms with Gasteiger partial charge in [-0.3, -0.25) is 4.98 Å². The average molecular weight is 213 g/mol. The number of benzene rings is 1. The molecule has 2 rings (SSSR count). The number of hydrogen-bond acceptors (Lipinski definition) is 2. The molecule has 2 nitrogen and oxygen atoms in total. The minimum absolute atomic E-state index is 0.639. The van der Waals surface area contributed by atoms with E-state index in [0.29, 0.717) is 5.02 Å². The van der Waals surface area contributed by atoms with Crippen LogP contribution in [0.4, 0.5) is 0 Å². The van der Waals surface area contributed by atoms with E-state index >= 15 is 0 Å². The Kier molecular flexibility index (Phi) is 2.54. The van der Waals surface area contributed by atoms with E-state index in [1.807, 2.05) is 18.2 Å². The predicted octanol–water partition coefficient (Wildman–Crippen LogP) is 2.76. The zero-order valence-corrected chi connectivity index (χ0v) is 8.42. The van der Waals surface area contributed by atoms with Crippen molar-refractivity contribution in [1.29, 1.82) is 5.26 Å². The summed E-state index contributed by atoms with van der Waals surface area (Å²) in [4.78, 5) is 4.17. The standard InChI is InChI=1S/C12H5ClN2/c13-11-5-7-15-12-4-3-9(2-1-6-14)8-10(11)12/h3-5,7-8H. The molecule has 0 N–H and O–H groups in total. The minimum Gasteiger partial charge on any atom is -0.256 e. The summed E-state index contributed by atoms with van der Waals surface area (Å²) in [6.07, 6.45) is 1.66. The van der Waals surface area contributed by atoms with Crippen LogP contribution in [-0.4, -0.2) is 4.98 Å². The molecule has 3 heteroatoms. The van der Waals surface area contributed by atoms with Crippen molar-refractivity contribution in [3.63, 3.8) is 0 Å². The third kappa shape index (κ3) is 1.91. The first-order chi connectivity index (χ1) is 7.31. The number of aromatic nitrogens is 1. The third-order valence-electron chi connectivity index (χ3n) is 1.95. The Bertz CT molecular complexity index is 615. The van der Waals surface area contributed by atoms with Crippen LogP contribution in [0.3, 0.4) is 0 Å². The summed E-state index contributed by atoms with van der Waals surface area (Å²) in [5.74, 6) is 5.06. The molecule has 2 aromatic rings. The Morgan fingerprint density at radius 3 is 2.93 bits per heavy atom. The van der Waals surface area contributed by atoms with Gasteiger partial charge in [-0.2, -0.15) is 5.26 Å². The van der Waals surface area contributed by atoms with Gasteiger partial charge in [0.25, 0.3) is 0 Å². The molecule has 0 aliphatic carbocycles. The summed E-state index contributed by atoms with van der Waals surface area (Å²) < 4.78 is 0. The van der Waals surface area contributed by atoms with Crippen LogP contribution in [0, 0.1) is 23.2 Å². The molecular formula is C12H5ClN2. The second-order valence-corrected chi connectivity index (χ2v) is 3.29. The first-order valence-electron chi connectivity index (χ1n) is 4.25. The molecule has 0 fully saturated rings. The van der Waals surface area contributed by atoms with Crippen LogP contribution in [0.1, 0.15) is 5.56 Å². The molecule has 15 heavy (non-hydrogen) atoms. The molecule has 0 aliphatic rings. The lowest BCUT2D eigenvalue weighted by atomic mass is 10.1. The fourth-order valence-corrected chi connectivity index (χ4v) is 1.50. The number of nitrogens with zero attached hydrogens (tertiary/aromatic N) is 2. The molecule has 0 aliphatic heterocycles.